The zero-order valence-corrected chi connectivity index (χ0v) is 9.41. The van der Waals surface area contributed by atoms with Crippen molar-refractivity contribution in [3.63, 3.8) is 0 Å². The van der Waals surface area contributed by atoms with E-state index in [0.29, 0.717) is 6.04 Å². The van der Waals surface area contributed by atoms with Gasteiger partial charge in [-0.1, -0.05) is 11.6 Å². The molecule has 4 heteroatoms. The molecule has 14 heavy (non-hydrogen) atoms. The summed E-state index contributed by atoms with van der Waals surface area (Å²) >= 11 is 5.79. The lowest BCUT2D eigenvalue weighted by molar-refractivity contribution is 0.0554. The van der Waals surface area contributed by atoms with E-state index in [9.17, 15) is 0 Å². The topological polar surface area (TPSA) is 21.1 Å². The van der Waals surface area contributed by atoms with Gasteiger partial charge in [0.2, 0.25) is 0 Å². The molecule has 0 radical (unpaired) electrons. The molecule has 1 aliphatic heterocycles. The smallest absolute Gasteiger partial charge is 0.0785 e. The maximum Gasteiger partial charge on any atom is 0.0785 e. The van der Waals surface area contributed by atoms with Crippen molar-refractivity contribution in [2.45, 2.75) is 26.4 Å². The summed E-state index contributed by atoms with van der Waals surface area (Å²) in [6.45, 7) is 7.85. The third-order valence-corrected chi connectivity index (χ3v) is 2.96. The molecule has 0 aliphatic carbocycles. The molecule has 0 atom stereocenters. The summed E-state index contributed by atoms with van der Waals surface area (Å²) in [5.41, 5.74) is 0. The van der Waals surface area contributed by atoms with E-state index in [4.69, 9.17) is 11.6 Å². The van der Waals surface area contributed by atoms with Crippen molar-refractivity contribution in [2.24, 2.45) is 5.92 Å². The van der Waals surface area contributed by atoms with Gasteiger partial charge in [-0.05, 0) is 13.8 Å². The molecule has 1 saturated heterocycles. The van der Waals surface area contributed by atoms with Crippen LogP contribution in [0.25, 0.3) is 0 Å². The Morgan fingerprint density at radius 2 is 2.29 bits per heavy atom. The van der Waals surface area contributed by atoms with Crippen molar-refractivity contribution in [2.75, 3.05) is 13.1 Å². The molecular formula is C10H16ClN3. The Bertz CT molecular complexity index is 302. The van der Waals surface area contributed by atoms with Crippen LogP contribution in [0, 0.1) is 5.92 Å². The lowest BCUT2D eigenvalue weighted by atomic mass is 9.98. The Morgan fingerprint density at radius 1 is 1.57 bits per heavy atom. The van der Waals surface area contributed by atoms with Gasteiger partial charge in [0.1, 0.15) is 0 Å². The molecule has 0 amide bonds. The highest BCUT2D eigenvalue weighted by Crippen LogP contribution is 2.20. The highest BCUT2D eigenvalue weighted by Gasteiger charge is 2.28. The van der Waals surface area contributed by atoms with Crippen LogP contribution in [-0.4, -0.2) is 33.8 Å². The van der Waals surface area contributed by atoms with E-state index in [0.717, 1.165) is 17.5 Å². The number of likely N-dealkylation sites (tertiary alicyclic amines) is 1. The van der Waals surface area contributed by atoms with Gasteiger partial charge in [0, 0.05) is 37.8 Å². The minimum absolute atomic E-state index is 0.674. The van der Waals surface area contributed by atoms with Gasteiger partial charge in [-0.25, -0.2) is 0 Å². The molecule has 0 unspecified atom stereocenters. The summed E-state index contributed by atoms with van der Waals surface area (Å²) < 4.78 is 1.94. The van der Waals surface area contributed by atoms with Crippen molar-refractivity contribution in [1.29, 1.82) is 0 Å². The summed E-state index contributed by atoms with van der Waals surface area (Å²) in [5, 5.41) is 4.90. The van der Waals surface area contributed by atoms with Gasteiger partial charge in [0.25, 0.3) is 0 Å². The van der Waals surface area contributed by atoms with E-state index in [1.165, 1.54) is 13.1 Å². The number of hydrogen-bond donors (Lipinski definition) is 0. The summed E-state index contributed by atoms with van der Waals surface area (Å²) in [6.07, 6.45) is 3.58. The molecule has 1 fully saturated rings. The zero-order valence-electron chi connectivity index (χ0n) is 8.65. The third-order valence-electron chi connectivity index (χ3n) is 2.76. The van der Waals surface area contributed by atoms with Gasteiger partial charge in [-0.15, -0.1) is 0 Å². The maximum atomic E-state index is 5.79. The Morgan fingerprint density at radius 3 is 2.79 bits per heavy atom. The number of nitrogens with zero attached hydrogens (tertiary/aromatic N) is 3. The molecular weight excluding hydrogens is 198 g/mol. The standard InChI is InChI=1S/C10H16ClN3/c1-8(2)13-4-9(5-13)6-14-7-10(11)3-12-14/h3,7-9H,4-6H2,1-2H3. The van der Waals surface area contributed by atoms with Crippen molar-refractivity contribution in [3.8, 4) is 0 Å². The SMILES string of the molecule is CC(C)N1CC(Cn2cc(Cl)cn2)C1. The molecule has 0 N–H and O–H groups in total. The molecule has 0 bridgehead atoms. The second kappa shape index (κ2) is 3.91. The number of hydrogen-bond acceptors (Lipinski definition) is 2. The molecule has 2 rings (SSSR count). The molecule has 2 heterocycles. The first kappa shape index (κ1) is 9.99. The minimum atomic E-state index is 0.674. The van der Waals surface area contributed by atoms with Gasteiger partial charge in [-0.2, -0.15) is 5.10 Å². The fraction of sp³-hybridized carbons (Fsp3) is 0.700. The van der Waals surface area contributed by atoms with Crippen LogP contribution in [-0.2, 0) is 6.54 Å². The fourth-order valence-corrected chi connectivity index (χ4v) is 2.01. The van der Waals surface area contributed by atoms with Crippen LogP contribution in [0.5, 0.6) is 0 Å². The molecule has 0 aromatic carbocycles. The highest BCUT2D eigenvalue weighted by atomic mass is 35.5. The average molecular weight is 214 g/mol. The monoisotopic (exact) mass is 213 g/mol. The van der Waals surface area contributed by atoms with Gasteiger partial charge in [0.05, 0.1) is 11.2 Å². The molecule has 78 valence electrons. The second-order valence-corrected chi connectivity index (χ2v) is 4.73. The minimum Gasteiger partial charge on any atom is -0.300 e. The lowest BCUT2D eigenvalue weighted by Crippen LogP contribution is -2.51. The van der Waals surface area contributed by atoms with Crippen LogP contribution < -0.4 is 0 Å². The van der Waals surface area contributed by atoms with Gasteiger partial charge in [0.15, 0.2) is 0 Å². The summed E-state index contributed by atoms with van der Waals surface area (Å²) in [5.74, 6) is 0.744. The molecule has 1 aromatic heterocycles. The zero-order chi connectivity index (χ0) is 10.1. The first-order valence-electron chi connectivity index (χ1n) is 5.07. The maximum absolute atomic E-state index is 5.79. The molecule has 1 aromatic rings. The van der Waals surface area contributed by atoms with Crippen LogP contribution in [0.2, 0.25) is 5.02 Å². The first-order valence-corrected chi connectivity index (χ1v) is 5.45. The van der Waals surface area contributed by atoms with Crippen molar-refractivity contribution >= 4 is 11.6 Å². The quantitative estimate of drug-likeness (QED) is 0.765. The first-order chi connectivity index (χ1) is 6.65. The predicted molar refractivity (Wildman–Crippen MR) is 57.4 cm³/mol. The van der Waals surface area contributed by atoms with Gasteiger partial charge < -0.3 is 4.90 Å². The van der Waals surface area contributed by atoms with Gasteiger partial charge >= 0.3 is 0 Å². The van der Waals surface area contributed by atoms with Crippen molar-refractivity contribution in [1.82, 2.24) is 14.7 Å². The largest absolute Gasteiger partial charge is 0.300 e. The summed E-state index contributed by atoms with van der Waals surface area (Å²) in [6, 6.07) is 0.674. The summed E-state index contributed by atoms with van der Waals surface area (Å²) in [4.78, 5) is 2.47. The molecule has 1 aliphatic rings. The van der Waals surface area contributed by atoms with Crippen molar-refractivity contribution in [3.05, 3.63) is 17.4 Å². The van der Waals surface area contributed by atoms with Crippen LogP contribution in [0.4, 0.5) is 0 Å². The van der Waals surface area contributed by atoms with E-state index < -0.39 is 0 Å². The van der Waals surface area contributed by atoms with E-state index in [1.54, 1.807) is 6.20 Å². The Kier molecular flexibility index (Phi) is 2.79. The van der Waals surface area contributed by atoms with E-state index in [1.807, 2.05) is 10.9 Å². The lowest BCUT2D eigenvalue weighted by Gasteiger charge is -2.42. The molecule has 0 saturated carbocycles. The van der Waals surface area contributed by atoms with Gasteiger partial charge in [-0.3, -0.25) is 4.68 Å². The average Bonchev–Trinajstić information content (AvgIpc) is 2.42. The van der Waals surface area contributed by atoms with Crippen LogP contribution in [0.3, 0.4) is 0 Å². The highest BCUT2D eigenvalue weighted by molar-refractivity contribution is 6.30. The van der Waals surface area contributed by atoms with E-state index in [2.05, 4.69) is 23.8 Å². The van der Waals surface area contributed by atoms with E-state index >= 15 is 0 Å². The van der Waals surface area contributed by atoms with Crippen LogP contribution in [0.1, 0.15) is 13.8 Å². The summed E-state index contributed by atoms with van der Waals surface area (Å²) in [7, 11) is 0. The number of halogens is 1. The third kappa shape index (κ3) is 2.10. The van der Waals surface area contributed by atoms with Crippen LogP contribution in [0.15, 0.2) is 12.4 Å². The fourth-order valence-electron chi connectivity index (χ4n) is 1.85. The Labute approximate surface area is 89.7 Å². The number of rotatable bonds is 3. The second-order valence-electron chi connectivity index (χ2n) is 4.29. The van der Waals surface area contributed by atoms with E-state index in [-0.39, 0.29) is 0 Å². The Hall–Kier alpha value is -0.540. The van der Waals surface area contributed by atoms with Crippen LogP contribution >= 0.6 is 11.6 Å². The Balaban J connectivity index is 1.79. The molecule has 3 nitrogen and oxygen atoms in total. The normalized spacial score (nSPS) is 18.9. The molecule has 0 spiro atoms. The number of aromatic nitrogens is 2. The van der Waals surface area contributed by atoms with Crippen molar-refractivity contribution < 1.29 is 0 Å². The predicted octanol–water partition coefficient (Wildman–Crippen LogP) is 1.88.